The Bertz CT molecular complexity index is 183. The van der Waals surface area contributed by atoms with E-state index in [-0.39, 0.29) is 18.3 Å². The molecule has 0 radical (unpaired) electrons. The molecule has 0 N–H and O–H groups in total. The highest BCUT2D eigenvalue weighted by Crippen LogP contribution is 2.04. The number of unbranched alkanes of at least 4 members (excludes halogenated alkanes) is 4. The molecule has 0 aliphatic carbocycles. The Morgan fingerprint density at radius 1 is 0.684 bits per heavy atom. The molecule has 0 saturated heterocycles. The van der Waals surface area contributed by atoms with E-state index in [9.17, 15) is 0 Å². The number of rotatable bonds is 13. The normalized spacial score (nSPS) is 14.8. The van der Waals surface area contributed by atoms with E-state index in [1.165, 1.54) is 25.7 Å². The summed E-state index contributed by atoms with van der Waals surface area (Å²) in [6, 6.07) is 0. The zero-order valence-corrected chi connectivity index (χ0v) is 13.6. The van der Waals surface area contributed by atoms with E-state index in [1.54, 1.807) is 0 Å². The molecule has 3 heteroatoms. The first kappa shape index (κ1) is 18.9. The van der Waals surface area contributed by atoms with Gasteiger partial charge >= 0.3 is 0 Å². The smallest absolute Gasteiger partial charge is 0.0781 e. The Balaban J connectivity index is 3.35. The fraction of sp³-hybridized carbons (Fsp3) is 1.00. The standard InChI is InChI=1S/C16H34O3/c1-6-7-8-9-10-11-17-15(4)13-19-16(5)12-18-14(2)3/h14-16H,6-13H2,1-5H3. The lowest BCUT2D eigenvalue weighted by molar-refractivity contribution is -0.0659. The van der Waals surface area contributed by atoms with Crippen LogP contribution in [0.5, 0.6) is 0 Å². The number of ether oxygens (including phenoxy) is 3. The molecule has 0 bridgehead atoms. The molecule has 0 saturated carbocycles. The van der Waals surface area contributed by atoms with Gasteiger partial charge in [-0.2, -0.15) is 0 Å². The first-order valence-electron chi connectivity index (χ1n) is 7.91. The van der Waals surface area contributed by atoms with Gasteiger partial charge in [0, 0.05) is 6.61 Å². The van der Waals surface area contributed by atoms with Crippen molar-refractivity contribution in [3.63, 3.8) is 0 Å². The van der Waals surface area contributed by atoms with E-state index in [1.807, 2.05) is 20.8 Å². The van der Waals surface area contributed by atoms with E-state index < -0.39 is 0 Å². The summed E-state index contributed by atoms with van der Waals surface area (Å²) in [6.45, 7) is 12.6. The predicted molar refractivity (Wildman–Crippen MR) is 80.7 cm³/mol. The molecule has 0 amide bonds. The van der Waals surface area contributed by atoms with Gasteiger partial charge in [0.05, 0.1) is 31.5 Å². The number of hydrogen-bond donors (Lipinski definition) is 0. The molecule has 0 spiro atoms. The molecule has 2 unspecified atom stereocenters. The Labute approximate surface area is 120 Å². The van der Waals surface area contributed by atoms with Gasteiger partial charge in [0.15, 0.2) is 0 Å². The van der Waals surface area contributed by atoms with Crippen molar-refractivity contribution in [2.24, 2.45) is 0 Å². The lowest BCUT2D eigenvalue weighted by atomic mass is 10.2. The summed E-state index contributed by atoms with van der Waals surface area (Å²) in [7, 11) is 0. The van der Waals surface area contributed by atoms with Crippen molar-refractivity contribution in [2.45, 2.75) is 85.0 Å². The van der Waals surface area contributed by atoms with E-state index >= 15 is 0 Å². The highest BCUT2D eigenvalue weighted by Gasteiger charge is 2.08. The Kier molecular flexibility index (Phi) is 12.8. The summed E-state index contributed by atoms with van der Waals surface area (Å²) < 4.78 is 16.9. The highest BCUT2D eigenvalue weighted by atomic mass is 16.6. The maximum atomic E-state index is 5.73. The zero-order valence-electron chi connectivity index (χ0n) is 13.6. The van der Waals surface area contributed by atoms with Gasteiger partial charge in [0.25, 0.3) is 0 Å². The van der Waals surface area contributed by atoms with Crippen molar-refractivity contribution in [3.05, 3.63) is 0 Å². The third-order valence-corrected chi connectivity index (χ3v) is 2.93. The Hall–Kier alpha value is -0.120. The van der Waals surface area contributed by atoms with Crippen LogP contribution in [-0.4, -0.2) is 38.1 Å². The van der Waals surface area contributed by atoms with Gasteiger partial charge in [0.2, 0.25) is 0 Å². The van der Waals surface area contributed by atoms with Crippen LogP contribution in [0.15, 0.2) is 0 Å². The van der Waals surface area contributed by atoms with E-state index in [2.05, 4.69) is 13.8 Å². The van der Waals surface area contributed by atoms with Gasteiger partial charge < -0.3 is 14.2 Å². The zero-order chi connectivity index (χ0) is 14.5. The monoisotopic (exact) mass is 274 g/mol. The van der Waals surface area contributed by atoms with Crippen molar-refractivity contribution < 1.29 is 14.2 Å². The fourth-order valence-corrected chi connectivity index (χ4v) is 1.71. The van der Waals surface area contributed by atoms with Crippen molar-refractivity contribution >= 4 is 0 Å². The molecule has 2 atom stereocenters. The highest BCUT2D eigenvalue weighted by molar-refractivity contribution is 4.53. The summed E-state index contributed by atoms with van der Waals surface area (Å²) in [4.78, 5) is 0. The molecular formula is C16H34O3. The van der Waals surface area contributed by atoms with Crippen LogP contribution in [0.2, 0.25) is 0 Å². The van der Waals surface area contributed by atoms with Crippen molar-refractivity contribution in [3.8, 4) is 0 Å². The third-order valence-electron chi connectivity index (χ3n) is 2.93. The second-order valence-electron chi connectivity index (χ2n) is 5.62. The molecule has 0 fully saturated rings. The summed E-state index contributed by atoms with van der Waals surface area (Å²) in [5.74, 6) is 0. The van der Waals surface area contributed by atoms with Crippen molar-refractivity contribution in [1.82, 2.24) is 0 Å². The van der Waals surface area contributed by atoms with Crippen LogP contribution in [-0.2, 0) is 14.2 Å². The fourth-order valence-electron chi connectivity index (χ4n) is 1.71. The van der Waals surface area contributed by atoms with E-state index in [0.717, 1.165) is 13.0 Å². The molecule has 3 nitrogen and oxygen atoms in total. The lowest BCUT2D eigenvalue weighted by Gasteiger charge is -2.18. The van der Waals surface area contributed by atoms with Gasteiger partial charge in [-0.05, 0) is 34.1 Å². The largest absolute Gasteiger partial charge is 0.376 e. The lowest BCUT2D eigenvalue weighted by Crippen LogP contribution is -2.24. The van der Waals surface area contributed by atoms with Crippen molar-refractivity contribution in [2.75, 3.05) is 19.8 Å². The van der Waals surface area contributed by atoms with Crippen LogP contribution < -0.4 is 0 Å². The van der Waals surface area contributed by atoms with Crippen LogP contribution in [0.4, 0.5) is 0 Å². The average Bonchev–Trinajstić information content (AvgIpc) is 2.38. The molecule has 0 heterocycles. The minimum absolute atomic E-state index is 0.137. The SMILES string of the molecule is CCCCCCCOC(C)COC(C)COC(C)C. The van der Waals surface area contributed by atoms with Crippen LogP contribution in [0.3, 0.4) is 0 Å². The molecule has 0 rings (SSSR count). The maximum Gasteiger partial charge on any atom is 0.0781 e. The topological polar surface area (TPSA) is 27.7 Å². The first-order chi connectivity index (χ1) is 9.06. The van der Waals surface area contributed by atoms with Crippen LogP contribution in [0.25, 0.3) is 0 Å². The minimum Gasteiger partial charge on any atom is -0.376 e. The second-order valence-corrected chi connectivity index (χ2v) is 5.62. The molecule has 0 aliphatic heterocycles. The molecule has 0 aromatic heterocycles. The van der Waals surface area contributed by atoms with Crippen molar-refractivity contribution in [1.29, 1.82) is 0 Å². The van der Waals surface area contributed by atoms with Gasteiger partial charge in [-0.1, -0.05) is 32.6 Å². The van der Waals surface area contributed by atoms with Gasteiger partial charge in [-0.15, -0.1) is 0 Å². The quantitative estimate of drug-likeness (QED) is 0.471. The first-order valence-corrected chi connectivity index (χ1v) is 7.91. The molecule has 0 aromatic carbocycles. The Morgan fingerprint density at radius 3 is 1.89 bits per heavy atom. The molecule has 0 aromatic rings. The summed E-state index contributed by atoms with van der Waals surface area (Å²) >= 11 is 0. The molecule has 116 valence electrons. The van der Waals surface area contributed by atoms with E-state index in [0.29, 0.717) is 13.2 Å². The molecular weight excluding hydrogens is 240 g/mol. The molecule has 19 heavy (non-hydrogen) atoms. The van der Waals surface area contributed by atoms with Crippen LogP contribution in [0, 0.1) is 0 Å². The number of hydrogen-bond acceptors (Lipinski definition) is 3. The molecule has 0 aliphatic rings. The predicted octanol–water partition coefficient (Wildman–Crippen LogP) is 4.19. The average molecular weight is 274 g/mol. The van der Waals surface area contributed by atoms with Crippen LogP contribution in [0.1, 0.15) is 66.7 Å². The van der Waals surface area contributed by atoms with Gasteiger partial charge in [-0.3, -0.25) is 0 Å². The van der Waals surface area contributed by atoms with Gasteiger partial charge in [0.1, 0.15) is 0 Å². The minimum atomic E-state index is 0.137. The Morgan fingerprint density at radius 2 is 1.26 bits per heavy atom. The van der Waals surface area contributed by atoms with Gasteiger partial charge in [-0.25, -0.2) is 0 Å². The third kappa shape index (κ3) is 14.1. The van der Waals surface area contributed by atoms with Crippen LogP contribution >= 0.6 is 0 Å². The summed E-state index contributed by atoms with van der Waals surface area (Å²) in [6.07, 6.45) is 6.98. The second kappa shape index (κ2) is 12.9. The summed E-state index contributed by atoms with van der Waals surface area (Å²) in [5.41, 5.74) is 0. The summed E-state index contributed by atoms with van der Waals surface area (Å²) in [5, 5.41) is 0. The maximum absolute atomic E-state index is 5.73. The van der Waals surface area contributed by atoms with E-state index in [4.69, 9.17) is 14.2 Å².